The Morgan fingerprint density at radius 2 is 1.60 bits per heavy atom. The highest BCUT2D eigenvalue weighted by molar-refractivity contribution is 7.66. The molecular weight excluding hydrogens is 681 g/mol. The van der Waals surface area contributed by atoms with Gasteiger partial charge in [-0.05, 0) is 60.4 Å². The molecule has 12 nitrogen and oxygen atoms in total. The number of carbonyl (C=O) groups is 2. The third-order valence-electron chi connectivity index (χ3n) is 8.24. The normalized spacial score (nSPS) is 12.4. The number of benzene rings is 4. The highest BCUT2D eigenvalue weighted by Gasteiger charge is 2.25. The second kappa shape index (κ2) is 15.8. The van der Waals surface area contributed by atoms with Crippen molar-refractivity contribution in [2.24, 2.45) is 0 Å². The molecule has 1 aromatic heterocycles. The number of hydrogen-bond donors (Lipinski definition) is 4. The Bertz CT molecular complexity index is 2190. The van der Waals surface area contributed by atoms with Crippen molar-refractivity contribution < 1.29 is 38.6 Å². The van der Waals surface area contributed by atoms with Gasteiger partial charge >= 0.3 is 6.03 Å². The van der Waals surface area contributed by atoms with Gasteiger partial charge in [0.2, 0.25) is 7.37 Å². The summed E-state index contributed by atoms with van der Waals surface area (Å²) in [6.45, 7) is 9.76. The number of ether oxygens (including phenoxy) is 3. The third kappa shape index (κ3) is 8.47. The molecule has 0 radical (unpaired) electrons. The first kappa shape index (κ1) is 37.7. The van der Waals surface area contributed by atoms with Gasteiger partial charge in [-0.1, -0.05) is 45.0 Å². The molecule has 5 rings (SSSR count). The van der Waals surface area contributed by atoms with E-state index < -0.39 is 13.4 Å². The van der Waals surface area contributed by atoms with Crippen molar-refractivity contribution in [1.29, 1.82) is 0 Å². The van der Waals surface area contributed by atoms with Crippen molar-refractivity contribution in [3.05, 3.63) is 96.2 Å². The molecule has 0 bridgehead atoms. The largest absolute Gasteiger partial charge is 0.496 e. The molecule has 1 heterocycles. The van der Waals surface area contributed by atoms with Crippen LogP contribution in [0.3, 0.4) is 0 Å². The summed E-state index contributed by atoms with van der Waals surface area (Å²) in [6, 6.07) is 22.9. The summed E-state index contributed by atoms with van der Waals surface area (Å²) in [6.07, 6.45) is 1.62. The molecule has 13 heteroatoms. The summed E-state index contributed by atoms with van der Waals surface area (Å²) in [5, 5.41) is 13.7. The number of pyridine rings is 1. The van der Waals surface area contributed by atoms with Crippen molar-refractivity contribution in [1.82, 2.24) is 10.3 Å². The molecule has 1 unspecified atom stereocenters. The van der Waals surface area contributed by atoms with Crippen molar-refractivity contribution in [3.63, 3.8) is 0 Å². The van der Waals surface area contributed by atoms with Crippen LogP contribution in [0.25, 0.3) is 10.8 Å². The number of methoxy groups -OCH3 is 2. The number of nitrogens with zero attached hydrogens (tertiary/aromatic N) is 1. The van der Waals surface area contributed by atoms with Crippen LogP contribution in [-0.4, -0.2) is 51.5 Å². The van der Waals surface area contributed by atoms with Crippen LogP contribution in [0.15, 0.2) is 85.1 Å². The number of fused-ring (bicyclic) bond motifs is 1. The van der Waals surface area contributed by atoms with E-state index in [2.05, 4.69) is 26.3 Å². The standard InChI is InChI=1S/C39H44N5O7P.4H2/c1-9-50-52(8,47)34-17-14-25(22-33(34)48-6)42-35-23-26(18-19-41-35)51-32-16-15-30(27-12-10-11-13-28(27)32)43-38(46)44-31-21-24(39(2,3)4)20-29(36(31)49-7)37(45)40-5;;;;/h10-23H,9H2,1-8H3,(H,40,45)(H,41,42)(H2,43,44,46);4*1H. The molecular formula is C39H52N5O7P. The number of carbonyl (C=O) groups excluding carboxylic acids is 2. The first-order valence-electron chi connectivity index (χ1n) is 16.6. The summed E-state index contributed by atoms with van der Waals surface area (Å²) >= 11 is 0. The number of anilines is 4. The number of nitrogens with one attached hydrogen (secondary N) is 4. The van der Waals surface area contributed by atoms with Crippen LogP contribution in [0.1, 0.15) is 49.3 Å². The van der Waals surface area contributed by atoms with E-state index in [1.807, 2.05) is 51.1 Å². The van der Waals surface area contributed by atoms with Gasteiger partial charge in [-0.25, -0.2) is 9.78 Å². The third-order valence-corrected chi connectivity index (χ3v) is 10.2. The van der Waals surface area contributed by atoms with Crippen LogP contribution in [0.2, 0.25) is 0 Å². The smallest absolute Gasteiger partial charge is 0.323 e. The Labute approximate surface area is 309 Å². The van der Waals surface area contributed by atoms with Crippen LogP contribution in [0.5, 0.6) is 23.0 Å². The average molecular weight is 734 g/mol. The molecule has 0 aliphatic carbocycles. The van der Waals surface area contributed by atoms with Crippen molar-refractivity contribution in [2.75, 3.05) is 50.5 Å². The molecule has 3 amide bonds. The highest BCUT2D eigenvalue weighted by atomic mass is 31.2. The van der Waals surface area contributed by atoms with E-state index in [4.69, 9.17) is 18.7 Å². The molecule has 52 heavy (non-hydrogen) atoms. The van der Waals surface area contributed by atoms with E-state index in [-0.39, 0.29) is 22.8 Å². The van der Waals surface area contributed by atoms with Crippen LogP contribution < -0.4 is 40.8 Å². The van der Waals surface area contributed by atoms with E-state index in [0.29, 0.717) is 57.6 Å². The first-order valence-corrected chi connectivity index (χ1v) is 18.7. The van der Waals surface area contributed by atoms with Crippen LogP contribution in [0.4, 0.5) is 27.7 Å². The SMILES string of the molecule is CCOP(C)(=O)c1ccc(Nc2cc(Oc3ccc(NC(=O)Nc4cc(C(C)(C)C)cc(C(=O)NC)c4OC)c4ccccc34)ccn2)cc1OC.[HH].[HH].[HH].[HH]. The number of amides is 3. The summed E-state index contributed by atoms with van der Waals surface area (Å²) in [5.74, 6) is 1.97. The summed E-state index contributed by atoms with van der Waals surface area (Å²) < 4.78 is 36.0. The van der Waals surface area contributed by atoms with Gasteiger partial charge in [-0.2, -0.15) is 0 Å². The minimum atomic E-state index is -3.05. The molecule has 0 saturated carbocycles. The van der Waals surface area contributed by atoms with E-state index in [0.717, 1.165) is 16.3 Å². The Morgan fingerprint density at radius 1 is 0.865 bits per heavy atom. The monoisotopic (exact) mass is 733 g/mol. The molecule has 0 aliphatic heterocycles. The second-order valence-electron chi connectivity index (χ2n) is 12.9. The van der Waals surface area contributed by atoms with Crippen LogP contribution in [0, 0.1) is 0 Å². The Kier molecular flexibility index (Phi) is 11.4. The molecule has 0 spiro atoms. The molecule has 280 valence electrons. The van der Waals surface area contributed by atoms with E-state index in [1.54, 1.807) is 75.4 Å². The fourth-order valence-corrected chi connectivity index (χ4v) is 7.18. The number of urea groups is 1. The quantitative estimate of drug-likeness (QED) is 0.0920. The Hall–Kier alpha value is -5.58. The van der Waals surface area contributed by atoms with Crippen LogP contribution >= 0.6 is 7.37 Å². The molecule has 5 aromatic rings. The fourth-order valence-electron chi connectivity index (χ4n) is 5.65. The van der Waals surface area contributed by atoms with Crippen molar-refractivity contribution in [3.8, 4) is 23.0 Å². The number of hydrogen-bond acceptors (Lipinski definition) is 9. The second-order valence-corrected chi connectivity index (χ2v) is 15.4. The zero-order valence-corrected chi connectivity index (χ0v) is 31.4. The van der Waals surface area contributed by atoms with Crippen molar-refractivity contribution >= 4 is 58.3 Å². The minimum absolute atomic E-state index is 0. The Morgan fingerprint density at radius 3 is 2.27 bits per heavy atom. The van der Waals surface area contributed by atoms with Gasteiger partial charge in [-0.15, -0.1) is 0 Å². The maximum atomic E-state index is 13.5. The zero-order valence-electron chi connectivity index (χ0n) is 30.5. The van der Waals surface area contributed by atoms with Gasteiger partial charge in [0.15, 0.2) is 5.75 Å². The first-order chi connectivity index (χ1) is 24.8. The predicted molar refractivity (Wildman–Crippen MR) is 216 cm³/mol. The maximum absolute atomic E-state index is 13.5. The zero-order chi connectivity index (χ0) is 37.6. The number of aromatic nitrogens is 1. The van der Waals surface area contributed by atoms with Crippen LogP contribution in [-0.2, 0) is 14.5 Å². The number of rotatable bonds is 12. The predicted octanol–water partition coefficient (Wildman–Crippen LogP) is 9.64. The van der Waals surface area contributed by atoms with Gasteiger partial charge in [0.1, 0.15) is 23.1 Å². The fraction of sp³-hybridized carbons (Fsp3) is 0.256. The van der Waals surface area contributed by atoms with E-state index >= 15 is 0 Å². The summed E-state index contributed by atoms with van der Waals surface area (Å²) in [4.78, 5) is 30.6. The van der Waals surface area contributed by atoms with Gasteiger partial charge in [0.25, 0.3) is 5.91 Å². The maximum Gasteiger partial charge on any atom is 0.323 e. The Balaban J connectivity index is 0.00000392. The van der Waals surface area contributed by atoms with E-state index in [1.165, 1.54) is 14.2 Å². The lowest BCUT2D eigenvalue weighted by molar-refractivity contribution is 0.0960. The van der Waals surface area contributed by atoms with Crippen molar-refractivity contribution in [2.45, 2.75) is 33.1 Å². The molecule has 4 aromatic carbocycles. The highest BCUT2D eigenvalue weighted by Crippen LogP contribution is 2.45. The average Bonchev–Trinajstić information content (AvgIpc) is 3.11. The van der Waals surface area contributed by atoms with Gasteiger partial charge in [0, 0.05) is 54.2 Å². The summed E-state index contributed by atoms with van der Waals surface area (Å²) in [5.41, 5.74) is 2.46. The molecule has 4 N–H and O–H groups in total. The lowest BCUT2D eigenvalue weighted by atomic mass is 9.85. The van der Waals surface area contributed by atoms with Gasteiger partial charge in [0.05, 0.1) is 43.1 Å². The van der Waals surface area contributed by atoms with Gasteiger partial charge in [-0.3, -0.25) is 9.36 Å². The molecule has 1 atom stereocenters. The lowest BCUT2D eigenvalue weighted by Crippen LogP contribution is -2.24. The summed E-state index contributed by atoms with van der Waals surface area (Å²) in [7, 11) is 1.48. The molecule has 0 aliphatic rings. The topological polar surface area (TPSA) is 149 Å². The lowest BCUT2D eigenvalue weighted by Gasteiger charge is -2.23. The van der Waals surface area contributed by atoms with E-state index in [9.17, 15) is 14.2 Å². The minimum Gasteiger partial charge on any atom is -0.496 e. The van der Waals surface area contributed by atoms with Gasteiger partial charge < -0.3 is 40.0 Å². The molecule has 0 fully saturated rings. The molecule has 0 saturated heterocycles.